The SMILES string of the molecule is C=CCCCn1cnc(CNCCC)n1. The van der Waals surface area contributed by atoms with E-state index in [1.165, 1.54) is 0 Å². The van der Waals surface area contributed by atoms with E-state index < -0.39 is 0 Å². The minimum absolute atomic E-state index is 0.766. The number of nitrogens with zero attached hydrogens (tertiary/aromatic N) is 3. The van der Waals surface area contributed by atoms with Crippen LogP contribution in [0.2, 0.25) is 0 Å². The number of hydrogen-bond acceptors (Lipinski definition) is 3. The molecule has 0 saturated heterocycles. The molecule has 0 bridgehead atoms. The molecule has 0 aliphatic heterocycles. The zero-order valence-electron chi connectivity index (χ0n) is 9.45. The smallest absolute Gasteiger partial charge is 0.164 e. The first-order valence-corrected chi connectivity index (χ1v) is 5.56. The second kappa shape index (κ2) is 7.17. The third kappa shape index (κ3) is 4.74. The summed E-state index contributed by atoms with van der Waals surface area (Å²) in [4.78, 5) is 4.23. The average molecular weight is 208 g/mol. The zero-order chi connectivity index (χ0) is 10.9. The maximum absolute atomic E-state index is 4.36. The van der Waals surface area contributed by atoms with Crippen molar-refractivity contribution < 1.29 is 0 Å². The Balaban J connectivity index is 2.25. The van der Waals surface area contributed by atoms with Gasteiger partial charge in [-0.1, -0.05) is 13.0 Å². The lowest BCUT2D eigenvalue weighted by molar-refractivity contribution is 0.567. The van der Waals surface area contributed by atoms with Gasteiger partial charge < -0.3 is 5.32 Å². The van der Waals surface area contributed by atoms with Crippen molar-refractivity contribution in [2.45, 2.75) is 39.3 Å². The van der Waals surface area contributed by atoms with E-state index in [0.717, 1.165) is 44.7 Å². The Morgan fingerprint density at radius 3 is 3.20 bits per heavy atom. The Morgan fingerprint density at radius 2 is 2.47 bits per heavy atom. The fourth-order valence-corrected chi connectivity index (χ4v) is 1.30. The number of nitrogens with one attached hydrogen (secondary N) is 1. The molecule has 0 fully saturated rings. The molecule has 1 heterocycles. The minimum Gasteiger partial charge on any atom is -0.310 e. The third-order valence-corrected chi connectivity index (χ3v) is 2.09. The van der Waals surface area contributed by atoms with Gasteiger partial charge in [0.05, 0.1) is 6.54 Å². The minimum atomic E-state index is 0.766. The van der Waals surface area contributed by atoms with Gasteiger partial charge in [0.1, 0.15) is 6.33 Å². The monoisotopic (exact) mass is 208 g/mol. The molecule has 1 N–H and O–H groups in total. The number of rotatable bonds is 8. The van der Waals surface area contributed by atoms with E-state index in [1.54, 1.807) is 6.33 Å². The van der Waals surface area contributed by atoms with E-state index >= 15 is 0 Å². The Labute approximate surface area is 91.4 Å². The van der Waals surface area contributed by atoms with Crippen LogP contribution in [0, 0.1) is 0 Å². The lowest BCUT2D eigenvalue weighted by atomic mass is 10.3. The molecule has 0 saturated carbocycles. The fraction of sp³-hybridized carbons (Fsp3) is 0.636. The molecular formula is C11H20N4. The number of unbranched alkanes of at least 4 members (excludes halogenated alkanes) is 1. The van der Waals surface area contributed by atoms with Crippen molar-refractivity contribution in [1.82, 2.24) is 20.1 Å². The highest BCUT2D eigenvalue weighted by Crippen LogP contribution is 1.95. The molecule has 0 unspecified atom stereocenters. The summed E-state index contributed by atoms with van der Waals surface area (Å²) in [5.74, 6) is 0.877. The zero-order valence-corrected chi connectivity index (χ0v) is 9.45. The first kappa shape index (κ1) is 11.9. The molecule has 0 aliphatic carbocycles. The molecule has 1 aromatic rings. The topological polar surface area (TPSA) is 42.7 Å². The summed E-state index contributed by atoms with van der Waals surface area (Å²) in [5, 5.41) is 7.64. The highest BCUT2D eigenvalue weighted by Gasteiger charge is 1.99. The summed E-state index contributed by atoms with van der Waals surface area (Å²) in [5.41, 5.74) is 0. The van der Waals surface area contributed by atoms with Crippen LogP contribution in [0.25, 0.3) is 0 Å². The second-order valence-electron chi connectivity index (χ2n) is 3.53. The lowest BCUT2D eigenvalue weighted by Crippen LogP contribution is -2.15. The van der Waals surface area contributed by atoms with Crippen molar-refractivity contribution in [3.05, 3.63) is 24.8 Å². The Hall–Kier alpha value is -1.16. The van der Waals surface area contributed by atoms with Crippen molar-refractivity contribution in [2.24, 2.45) is 0 Å². The van der Waals surface area contributed by atoms with Gasteiger partial charge in [-0.25, -0.2) is 4.98 Å². The van der Waals surface area contributed by atoms with Gasteiger partial charge in [0.25, 0.3) is 0 Å². The first-order valence-electron chi connectivity index (χ1n) is 5.56. The van der Waals surface area contributed by atoms with Gasteiger partial charge in [-0.2, -0.15) is 5.10 Å². The predicted octanol–water partition coefficient (Wildman–Crippen LogP) is 1.74. The quantitative estimate of drug-likeness (QED) is 0.523. The van der Waals surface area contributed by atoms with Crippen LogP contribution in [-0.2, 0) is 13.1 Å². The molecule has 4 heteroatoms. The molecule has 15 heavy (non-hydrogen) atoms. The van der Waals surface area contributed by atoms with Gasteiger partial charge in [0.15, 0.2) is 5.82 Å². The number of aryl methyl sites for hydroxylation is 1. The van der Waals surface area contributed by atoms with Crippen molar-refractivity contribution in [3.63, 3.8) is 0 Å². The van der Waals surface area contributed by atoms with E-state index in [1.807, 2.05) is 10.8 Å². The van der Waals surface area contributed by atoms with E-state index in [4.69, 9.17) is 0 Å². The van der Waals surface area contributed by atoms with Gasteiger partial charge in [-0.3, -0.25) is 4.68 Å². The molecule has 0 atom stereocenters. The van der Waals surface area contributed by atoms with Gasteiger partial charge in [-0.15, -0.1) is 6.58 Å². The van der Waals surface area contributed by atoms with E-state index in [9.17, 15) is 0 Å². The second-order valence-corrected chi connectivity index (χ2v) is 3.53. The Kier molecular flexibility index (Phi) is 5.70. The Bertz CT molecular complexity index is 280. The van der Waals surface area contributed by atoms with E-state index in [-0.39, 0.29) is 0 Å². The van der Waals surface area contributed by atoms with Crippen LogP contribution in [0.5, 0.6) is 0 Å². The summed E-state index contributed by atoms with van der Waals surface area (Å²) < 4.78 is 1.90. The summed E-state index contributed by atoms with van der Waals surface area (Å²) in [7, 11) is 0. The molecule has 0 aliphatic rings. The van der Waals surface area contributed by atoms with Crippen molar-refractivity contribution in [1.29, 1.82) is 0 Å². The van der Waals surface area contributed by atoms with Crippen molar-refractivity contribution in [3.8, 4) is 0 Å². The molecular weight excluding hydrogens is 188 g/mol. The molecule has 1 aromatic heterocycles. The molecule has 0 aromatic carbocycles. The lowest BCUT2D eigenvalue weighted by Gasteiger charge is -1.98. The summed E-state index contributed by atoms with van der Waals surface area (Å²) in [6, 6.07) is 0. The summed E-state index contributed by atoms with van der Waals surface area (Å²) in [6.07, 6.45) is 6.98. The standard InChI is InChI=1S/C11H20N4/c1-3-5-6-8-15-10-13-11(14-15)9-12-7-4-2/h3,10,12H,1,4-9H2,2H3. The Morgan fingerprint density at radius 1 is 1.60 bits per heavy atom. The van der Waals surface area contributed by atoms with Crippen LogP contribution in [-0.4, -0.2) is 21.3 Å². The van der Waals surface area contributed by atoms with E-state index in [2.05, 4.69) is 28.9 Å². The normalized spacial score (nSPS) is 10.5. The summed E-state index contributed by atoms with van der Waals surface area (Å²) in [6.45, 7) is 8.55. The van der Waals surface area contributed by atoms with Crippen LogP contribution in [0.15, 0.2) is 19.0 Å². The first-order chi connectivity index (χ1) is 7.36. The maximum Gasteiger partial charge on any atom is 0.164 e. The highest BCUT2D eigenvalue weighted by molar-refractivity contribution is 4.80. The maximum atomic E-state index is 4.36. The van der Waals surface area contributed by atoms with Gasteiger partial charge >= 0.3 is 0 Å². The number of aromatic nitrogens is 3. The van der Waals surface area contributed by atoms with Crippen molar-refractivity contribution in [2.75, 3.05) is 6.54 Å². The van der Waals surface area contributed by atoms with Crippen LogP contribution >= 0.6 is 0 Å². The molecule has 0 spiro atoms. The van der Waals surface area contributed by atoms with E-state index in [0.29, 0.717) is 0 Å². The van der Waals surface area contributed by atoms with Gasteiger partial charge in [0, 0.05) is 6.54 Å². The fourth-order valence-electron chi connectivity index (χ4n) is 1.30. The average Bonchev–Trinajstić information content (AvgIpc) is 2.67. The van der Waals surface area contributed by atoms with Gasteiger partial charge in [-0.05, 0) is 25.8 Å². The third-order valence-electron chi connectivity index (χ3n) is 2.09. The highest BCUT2D eigenvalue weighted by atomic mass is 15.3. The van der Waals surface area contributed by atoms with Crippen LogP contribution in [0.1, 0.15) is 32.0 Å². The van der Waals surface area contributed by atoms with Crippen LogP contribution in [0.3, 0.4) is 0 Å². The molecule has 84 valence electrons. The molecule has 4 nitrogen and oxygen atoms in total. The molecule has 0 amide bonds. The number of allylic oxidation sites excluding steroid dienone is 1. The summed E-state index contributed by atoms with van der Waals surface area (Å²) >= 11 is 0. The van der Waals surface area contributed by atoms with Gasteiger partial charge in [0.2, 0.25) is 0 Å². The largest absolute Gasteiger partial charge is 0.310 e. The van der Waals surface area contributed by atoms with Crippen LogP contribution in [0.4, 0.5) is 0 Å². The van der Waals surface area contributed by atoms with Crippen molar-refractivity contribution >= 4 is 0 Å². The number of hydrogen-bond donors (Lipinski definition) is 1. The van der Waals surface area contributed by atoms with Crippen LogP contribution < -0.4 is 5.32 Å². The predicted molar refractivity (Wildman–Crippen MR) is 61.5 cm³/mol. The molecule has 0 radical (unpaired) electrons. The molecule has 1 rings (SSSR count).